The highest BCUT2D eigenvalue weighted by molar-refractivity contribution is 5.89. The van der Waals surface area contributed by atoms with Gasteiger partial charge in [-0.25, -0.2) is 14.8 Å². The predicted molar refractivity (Wildman–Crippen MR) is 145 cm³/mol. The maximum absolute atomic E-state index is 12.9. The first-order valence-electron chi connectivity index (χ1n) is 12.3. The molecule has 39 heavy (non-hydrogen) atoms. The van der Waals surface area contributed by atoms with E-state index in [1.54, 1.807) is 44.0 Å². The van der Waals surface area contributed by atoms with Crippen molar-refractivity contribution in [3.05, 3.63) is 96.1 Å². The Hall–Kier alpha value is -5.21. The lowest BCUT2D eigenvalue weighted by atomic mass is 10.1. The van der Waals surface area contributed by atoms with E-state index in [-0.39, 0.29) is 24.5 Å². The summed E-state index contributed by atoms with van der Waals surface area (Å²) in [7, 11) is 1.57. The van der Waals surface area contributed by atoms with E-state index in [4.69, 9.17) is 4.84 Å². The fourth-order valence-corrected chi connectivity index (χ4v) is 3.97. The average molecular weight is 523 g/mol. The minimum absolute atomic E-state index is 0.124. The molecule has 3 N–H and O–H groups in total. The van der Waals surface area contributed by atoms with Crippen LogP contribution in [0.1, 0.15) is 29.2 Å². The molecule has 0 bridgehead atoms. The quantitative estimate of drug-likeness (QED) is 0.331. The van der Waals surface area contributed by atoms with Crippen molar-refractivity contribution in [3.63, 3.8) is 0 Å². The highest BCUT2D eigenvalue weighted by Crippen LogP contribution is 2.30. The zero-order chi connectivity index (χ0) is 27.0. The Bertz CT molecular complexity index is 1510. The Morgan fingerprint density at radius 2 is 1.79 bits per heavy atom. The first-order chi connectivity index (χ1) is 19.1. The molecule has 0 saturated carbocycles. The van der Waals surface area contributed by atoms with Gasteiger partial charge in [0.05, 0.1) is 30.1 Å². The molecule has 3 heterocycles. The number of nitrogens with one attached hydrogen (secondary N) is 3. The van der Waals surface area contributed by atoms with E-state index in [9.17, 15) is 9.59 Å². The molecule has 1 aliphatic heterocycles. The molecule has 1 aliphatic rings. The van der Waals surface area contributed by atoms with Crippen molar-refractivity contribution in [1.29, 1.82) is 0 Å². The van der Waals surface area contributed by atoms with Crippen molar-refractivity contribution in [3.8, 4) is 11.8 Å². The summed E-state index contributed by atoms with van der Waals surface area (Å²) in [4.78, 5) is 38.6. The third kappa shape index (κ3) is 6.57. The smallest absolute Gasteiger partial charge is 0.346 e. The van der Waals surface area contributed by atoms with Gasteiger partial charge in [-0.05, 0) is 23.8 Å². The fraction of sp³-hybridized carbons (Fsp3) is 0.179. The van der Waals surface area contributed by atoms with Crippen LogP contribution < -0.4 is 16.0 Å². The molecule has 1 saturated heterocycles. The Morgan fingerprint density at radius 1 is 1.00 bits per heavy atom. The molecule has 3 amide bonds. The molecule has 1 fully saturated rings. The topological polar surface area (TPSA) is 126 Å². The Morgan fingerprint density at radius 3 is 2.59 bits per heavy atom. The molecule has 5 rings (SSSR count). The summed E-state index contributed by atoms with van der Waals surface area (Å²) in [6.07, 6.45) is 7.23. The van der Waals surface area contributed by atoms with Gasteiger partial charge in [0, 0.05) is 43.3 Å². The van der Waals surface area contributed by atoms with Crippen molar-refractivity contribution < 1.29 is 14.4 Å². The van der Waals surface area contributed by atoms with Gasteiger partial charge in [0.2, 0.25) is 11.9 Å². The summed E-state index contributed by atoms with van der Waals surface area (Å²) in [5.74, 6) is 6.35. The second-order valence-corrected chi connectivity index (χ2v) is 8.66. The lowest BCUT2D eigenvalue weighted by molar-refractivity contribution is -0.121. The zero-order valence-corrected chi connectivity index (χ0v) is 21.2. The standard InChI is InChI=1S/C28H26N8O3/c1-29-26(37)19-35-18-24(17-32-35)33-27-30-15-21(16-31-27)11-10-20-6-5-9-23(14-20)34-28(38)36-25(12-13-39-36)22-7-3-2-4-8-22/h2-9,14-18,25H,12-13,19H2,1H3,(H,29,37)(H,34,38)(H,30,31,33)/t25-/m0/s1. The number of rotatable bonds is 6. The number of hydrogen-bond acceptors (Lipinski definition) is 7. The van der Waals surface area contributed by atoms with E-state index in [2.05, 4.69) is 42.9 Å². The first-order valence-corrected chi connectivity index (χ1v) is 12.3. The average Bonchev–Trinajstić information content (AvgIpc) is 3.63. The van der Waals surface area contributed by atoms with Crippen molar-refractivity contribution in [2.75, 3.05) is 24.3 Å². The highest BCUT2D eigenvalue weighted by atomic mass is 16.7. The third-order valence-corrected chi connectivity index (χ3v) is 5.88. The van der Waals surface area contributed by atoms with Crippen LogP contribution in [0.5, 0.6) is 0 Å². The summed E-state index contributed by atoms with van der Waals surface area (Å²) in [6, 6.07) is 16.7. The fourth-order valence-electron chi connectivity index (χ4n) is 3.97. The molecule has 0 radical (unpaired) electrons. The van der Waals surface area contributed by atoms with Gasteiger partial charge in [0.15, 0.2) is 0 Å². The molecule has 1 atom stereocenters. The molecule has 0 spiro atoms. The number of anilines is 3. The number of hydroxylamine groups is 2. The number of aromatic nitrogens is 4. The number of urea groups is 1. The summed E-state index contributed by atoms with van der Waals surface area (Å²) < 4.78 is 1.51. The van der Waals surface area contributed by atoms with Crippen LogP contribution in [0.2, 0.25) is 0 Å². The Labute approximate surface area is 225 Å². The lowest BCUT2D eigenvalue weighted by Crippen LogP contribution is -2.33. The first kappa shape index (κ1) is 25.4. The number of carbonyl (C=O) groups is 2. The van der Waals surface area contributed by atoms with Crippen LogP contribution >= 0.6 is 0 Å². The largest absolute Gasteiger partial charge is 0.358 e. The summed E-state index contributed by atoms with van der Waals surface area (Å²) in [5, 5.41) is 14.0. The lowest BCUT2D eigenvalue weighted by Gasteiger charge is -2.23. The number of hydrogen-bond donors (Lipinski definition) is 3. The minimum atomic E-state index is -0.331. The molecule has 2 aromatic heterocycles. The molecule has 2 aromatic carbocycles. The van der Waals surface area contributed by atoms with E-state index in [1.807, 2.05) is 42.5 Å². The minimum Gasteiger partial charge on any atom is -0.358 e. The summed E-state index contributed by atoms with van der Waals surface area (Å²) in [6.45, 7) is 0.606. The van der Waals surface area contributed by atoms with Crippen LogP contribution in [0.25, 0.3) is 0 Å². The SMILES string of the molecule is CNC(=O)Cn1cc(Nc2ncc(C#Cc3cccc(NC(=O)N4OCC[C@H]4c4ccccc4)c3)cn2)cn1. The molecular formula is C28H26N8O3. The van der Waals surface area contributed by atoms with Crippen molar-refractivity contribution in [2.45, 2.75) is 19.0 Å². The second-order valence-electron chi connectivity index (χ2n) is 8.66. The monoisotopic (exact) mass is 522 g/mol. The molecule has 11 heteroatoms. The zero-order valence-electron chi connectivity index (χ0n) is 21.2. The van der Waals surface area contributed by atoms with Gasteiger partial charge in [-0.2, -0.15) is 10.2 Å². The van der Waals surface area contributed by atoms with Gasteiger partial charge in [0.25, 0.3) is 0 Å². The van der Waals surface area contributed by atoms with Gasteiger partial charge < -0.3 is 16.0 Å². The van der Waals surface area contributed by atoms with E-state index < -0.39 is 0 Å². The number of likely N-dealkylation sites (N-methyl/N-ethyl adjacent to an activating group) is 1. The predicted octanol–water partition coefficient (Wildman–Crippen LogP) is 3.47. The number of benzene rings is 2. The van der Waals surface area contributed by atoms with Crippen LogP contribution in [0, 0.1) is 11.8 Å². The van der Waals surface area contributed by atoms with Crippen molar-refractivity contribution >= 4 is 29.3 Å². The van der Waals surface area contributed by atoms with Gasteiger partial charge in [-0.15, -0.1) is 0 Å². The third-order valence-electron chi connectivity index (χ3n) is 5.88. The molecule has 196 valence electrons. The van der Waals surface area contributed by atoms with Gasteiger partial charge in [-0.1, -0.05) is 48.2 Å². The second kappa shape index (κ2) is 11.9. The van der Waals surface area contributed by atoms with E-state index in [0.717, 1.165) is 17.5 Å². The van der Waals surface area contributed by atoms with Gasteiger partial charge in [0.1, 0.15) is 6.54 Å². The highest BCUT2D eigenvalue weighted by Gasteiger charge is 2.31. The van der Waals surface area contributed by atoms with Crippen LogP contribution in [0.4, 0.5) is 22.1 Å². The van der Waals surface area contributed by atoms with Gasteiger partial charge in [-0.3, -0.25) is 14.3 Å². The number of nitrogens with zero attached hydrogens (tertiary/aromatic N) is 5. The molecule has 0 unspecified atom stereocenters. The summed E-state index contributed by atoms with van der Waals surface area (Å²) >= 11 is 0. The molecular weight excluding hydrogens is 496 g/mol. The van der Waals surface area contributed by atoms with E-state index in [0.29, 0.717) is 29.5 Å². The van der Waals surface area contributed by atoms with E-state index in [1.165, 1.54) is 9.75 Å². The summed E-state index contributed by atoms with van der Waals surface area (Å²) in [5.41, 5.74) is 3.65. The van der Waals surface area contributed by atoms with Crippen molar-refractivity contribution in [2.24, 2.45) is 0 Å². The number of carbonyl (C=O) groups excluding carboxylic acids is 2. The maximum atomic E-state index is 12.9. The van der Waals surface area contributed by atoms with E-state index >= 15 is 0 Å². The van der Waals surface area contributed by atoms with Gasteiger partial charge >= 0.3 is 6.03 Å². The van der Waals surface area contributed by atoms with Crippen LogP contribution in [-0.4, -0.2) is 50.4 Å². The molecule has 4 aromatic rings. The molecule has 11 nitrogen and oxygen atoms in total. The molecule has 0 aliphatic carbocycles. The normalized spacial score (nSPS) is 14.3. The number of amides is 3. The van der Waals surface area contributed by atoms with Crippen LogP contribution in [0.3, 0.4) is 0 Å². The van der Waals surface area contributed by atoms with Crippen molar-refractivity contribution in [1.82, 2.24) is 30.1 Å². The maximum Gasteiger partial charge on any atom is 0.346 e. The Balaban J connectivity index is 1.19. The Kier molecular flexibility index (Phi) is 7.76. The van der Waals surface area contributed by atoms with Crippen LogP contribution in [0.15, 0.2) is 79.4 Å². The van der Waals surface area contributed by atoms with Crippen LogP contribution in [-0.2, 0) is 16.2 Å².